The van der Waals surface area contributed by atoms with Crippen molar-refractivity contribution in [2.24, 2.45) is 11.8 Å². The lowest BCUT2D eigenvalue weighted by Gasteiger charge is -2.07. The number of amides is 2. The van der Waals surface area contributed by atoms with Crippen LogP contribution in [-0.2, 0) is 4.79 Å². The summed E-state index contributed by atoms with van der Waals surface area (Å²) in [6.45, 7) is 3.26. The molecule has 0 aliphatic heterocycles. The molecule has 1 aromatic carbocycles. The number of halogens is 1. The maximum Gasteiger partial charge on any atom is 0.251 e. The number of carbonyl (C=O) groups excluding carboxylic acids is 2. The van der Waals surface area contributed by atoms with Crippen LogP contribution in [0.1, 0.15) is 30.1 Å². The van der Waals surface area contributed by atoms with Gasteiger partial charge in [-0.15, -0.1) is 0 Å². The highest BCUT2D eigenvalue weighted by Gasteiger charge is 2.38. The van der Waals surface area contributed by atoms with E-state index < -0.39 is 0 Å². The van der Waals surface area contributed by atoms with Gasteiger partial charge in [0.1, 0.15) is 0 Å². The Morgan fingerprint density at radius 1 is 1.30 bits per heavy atom. The fourth-order valence-electron chi connectivity index (χ4n) is 2.05. The van der Waals surface area contributed by atoms with Gasteiger partial charge in [-0.2, -0.15) is 0 Å². The number of benzene rings is 1. The van der Waals surface area contributed by atoms with Gasteiger partial charge in [0.25, 0.3) is 5.91 Å². The zero-order valence-electron chi connectivity index (χ0n) is 11.5. The average Bonchev–Trinajstić information content (AvgIpc) is 3.15. The Kier molecular flexibility index (Phi) is 5.17. The third-order valence-corrected chi connectivity index (χ3v) is 3.96. The van der Waals surface area contributed by atoms with Gasteiger partial charge in [-0.25, -0.2) is 0 Å². The van der Waals surface area contributed by atoms with Crippen molar-refractivity contribution in [3.63, 3.8) is 0 Å². The van der Waals surface area contributed by atoms with Crippen LogP contribution in [-0.4, -0.2) is 24.9 Å². The molecule has 0 unspecified atom stereocenters. The van der Waals surface area contributed by atoms with Gasteiger partial charge in [0.15, 0.2) is 0 Å². The summed E-state index contributed by atoms with van der Waals surface area (Å²) in [7, 11) is 0. The van der Waals surface area contributed by atoms with Crippen LogP contribution in [0.2, 0.25) is 0 Å². The van der Waals surface area contributed by atoms with Crippen molar-refractivity contribution in [3.8, 4) is 0 Å². The predicted molar refractivity (Wildman–Crippen MR) is 81.4 cm³/mol. The zero-order chi connectivity index (χ0) is 14.5. The van der Waals surface area contributed by atoms with Crippen molar-refractivity contribution >= 4 is 27.7 Å². The van der Waals surface area contributed by atoms with E-state index >= 15 is 0 Å². The quantitative estimate of drug-likeness (QED) is 0.782. The Balaban J connectivity index is 1.61. The van der Waals surface area contributed by atoms with Gasteiger partial charge >= 0.3 is 0 Å². The lowest BCUT2D eigenvalue weighted by Crippen LogP contribution is -2.30. The standard InChI is InChI=1S/C15H19BrN2O2/c1-10-8-13(10)15(20)18-7-3-6-17-14(19)11-4-2-5-12(16)9-11/h2,4-5,9-10,13H,3,6-8H2,1H3,(H,17,19)(H,18,20)/t10-,13+/m1/s1. The third-order valence-electron chi connectivity index (χ3n) is 3.47. The second kappa shape index (κ2) is 6.88. The molecular formula is C15H19BrN2O2. The van der Waals surface area contributed by atoms with Crippen LogP contribution in [0.4, 0.5) is 0 Å². The molecule has 1 aliphatic rings. The Hall–Kier alpha value is -1.36. The van der Waals surface area contributed by atoms with E-state index in [9.17, 15) is 9.59 Å². The average molecular weight is 339 g/mol. The molecule has 5 heteroatoms. The van der Waals surface area contributed by atoms with Crippen LogP contribution in [0.25, 0.3) is 0 Å². The van der Waals surface area contributed by atoms with Crippen molar-refractivity contribution in [1.29, 1.82) is 0 Å². The molecule has 108 valence electrons. The molecule has 2 atom stereocenters. The summed E-state index contributed by atoms with van der Waals surface area (Å²) in [5.41, 5.74) is 0.634. The Morgan fingerprint density at radius 3 is 2.65 bits per heavy atom. The van der Waals surface area contributed by atoms with Crippen molar-refractivity contribution in [1.82, 2.24) is 10.6 Å². The largest absolute Gasteiger partial charge is 0.356 e. The molecule has 0 bridgehead atoms. The van der Waals surface area contributed by atoms with E-state index in [0.29, 0.717) is 24.6 Å². The van der Waals surface area contributed by atoms with E-state index in [2.05, 4.69) is 33.5 Å². The van der Waals surface area contributed by atoms with Crippen molar-refractivity contribution in [2.45, 2.75) is 19.8 Å². The van der Waals surface area contributed by atoms with Crippen LogP contribution in [0, 0.1) is 11.8 Å². The van der Waals surface area contributed by atoms with Gasteiger partial charge < -0.3 is 10.6 Å². The molecule has 0 spiro atoms. The summed E-state index contributed by atoms with van der Waals surface area (Å²) in [4.78, 5) is 23.4. The Labute approximate surface area is 127 Å². The molecule has 0 radical (unpaired) electrons. The highest BCUT2D eigenvalue weighted by Crippen LogP contribution is 2.37. The van der Waals surface area contributed by atoms with Gasteiger partial charge in [0.05, 0.1) is 0 Å². The highest BCUT2D eigenvalue weighted by atomic mass is 79.9. The van der Waals surface area contributed by atoms with E-state index in [1.54, 1.807) is 12.1 Å². The van der Waals surface area contributed by atoms with Gasteiger partial charge in [-0.1, -0.05) is 28.9 Å². The van der Waals surface area contributed by atoms with E-state index in [1.807, 2.05) is 12.1 Å². The minimum absolute atomic E-state index is 0.0894. The van der Waals surface area contributed by atoms with E-state index in [0.717, 1.165) is 17.3 Å². The smallest absolute Gasteiger partial charge is 0.251 e. The first-order chi connectivity index (χ1) is 9.58. The van der Waals surface area contributed by atoms with Crippen LogP contribution in [0.3, 0.4) is 0 Å². The maximum absolute atomic E-state index is 11.8. The summed E-state index contributed by atoms with van der Waals surface area (Å²) in [5, 5.41) is 5.74. The number of hydrogen-bond acceptors (Lipinski definition) is 2. The van der Waals surface area contributed by atoms with Gasteiger partial charge in [-0.3, -0.25) is 9.59 Å². The monoisotopic (exact) mass is 338 g/mol. The molecule has 20 heavy (non-hydrogen) atoms. The van der Waals surface area contributed by atoms with Crippen LogP contribution < -0.4 is 10.6 Å². The lowest BCUT2D eigenvalue weighted by molar-refractivity contribution is -0.122. The summed E-state index contributed by atoms with van der Waals surface area (Å²) >= 11 is 3.34. The van der Waals surface area contributed by atoms with E-state index in [-0.39, 0.29) is 17.7 Å². The highest BCUT2D eigenvalue weighted by molar-refractivity contribution is 9.10. The number of rotatable bonds is 6. The zero-order valence-corrected chi connectivity index (χ0v) is 13.1. The second-order valence-electron chi connectivity index (χ2n) is 5.23. The maximum atomic E-state index is 11.8. The molecule has 0 saturated heterocycles. The van der Waals surface area contributed by atoms with Gasteiger partial charge in [0, 0.05) is 29.0 Å². The third kappa shape index (κ3) is 4.34. The summed E-state index contributed by atoms with van der Waals surface area (Å²) in [6, 6.07) is 7.27. The van der Waals surface area contributed by atoms with Crippen LogP contribution in [0.5, 0.6) is 0 Å². The Morgan fingerprint density at radius 2 is 2.00 bits per heavy atom. The molecule has 4 nitrogen and oxygen atoms in total. The van der Waals surface area contributed by atoms with Gasteiger partial charge in [0.2, 0.25) is 5.91 Å². The fourth-order valence-corrected chi connectivity index (χ4v) is 2.45. The minimum Gasteiger partial charge on any atom is -0.356 e. The number of hydrogen-bond donors (Lipinski definition) is 2. The molecule has 2 rings (SSSR count). The molecule has 1 saturated carbocycles. The number of carbonyl (C=O) groups is 2. The summed E-state index contributed by atoms with van der Waals surface area (Å²) in [6.07, 6.45) is 1.75. The minimum atomic E-state index is -0.0894. The molecule has 2 N–H and O–H groups in total. The lowest BCUT2D eigenvalue weighted by atomic mass is 10.2. The first-order valence-electron chi connectivity index (χ1n) is 6.89. The summed E-state index contributed by atoms with van der Waals surface area (Å²) < 4.78 is 0.885. The van der Waals surface area contributed by atoms with E-state index in [4.69, 9.17) is 0 Å². The van der Waals surface area contributed by atoms with Crippen LogP contribution >= 0.6 is 15.9 Å². The molecule has 1 aliphatic carbocycles. The summed E-state index contributed by atoms with van der Waals surface area (Å²) in [5.74, 6) is 0.807. The second-order valence-corrected chi connectivity index (χ2v) is 6.15. The molecular weight excluding hydrogens is 320 g/mol. The molecule has 1 aromatic rings. The first-order valence-corrected chi connectivity index (χ1v) is 7.68. The van der Waals surface area contributed by atoms with Gasteiger partial charge in [-0.05, 0) is 37.0 Å². The predicted octanol–water partition coefficient (Wildman–Crippen LogP) is 2.34. The van der Waals surface area contributed by atoms with Crippen LogP contribution in [0.15, 0.2) is 28.7 Å². The fraction of sp³-hybridized carbons (Fsp3) is 0.467. The van der Waals surface area contributed by atoms with Crippen molar-refractivity contribution in [3.05, 3.63) is 34.3 Å². The van der Waals surface area contributed by atoms with Crippen molar-refractivity contribution in [2.75, 3.05) is 13.1 Å². The molecule has 1 fully saturated rings. The molecule has 0 heterocycles. The molecule has 0 aromatic heterocycles. The topological polar surface area (TPSA) is 58.2 Å². The SMILES string of the molecule is C[C@@H]1C[C@@H]1C(=O)NCCCNC(=O)c1cccc(Br)c1. The molecule has 2 amide bonds. The van der Waals surface area contributed by atoms with Crippen molar-refractivity contribution < 1.29 is 9.59 Å². The first kappa shape index (κ1) is 15.0. The number of nitrogens with one attached hydrogen (secondary N) is 2. The Bertz CT molecular complexity index is 504. The van der Waals surface area contributed by atoms with E-state index in [1.165, 1.54) is 0 Å². The normalized spacial score (nSPS) is 20.3.